The fourth-order valence-corrected chi connectivity index (χ4v) is 1.86. The smallest absolute Gasteiger partial charge is 0.256 e. The summed E-state index contributed by atoms with van der Waals surface area (Å²) in [5, 5.41) is 6.77. The number of amides is 1. The number of anilines is 1. The van der Waals surface area contributed by atoms with Crippen molar-refractivity contribution in [2.75, 3.05) is 5.32 Å². The van der Waals surface area contributed by atoms with Gasteiger partial charge in [0.1, 0.15) is 5.82 Å². The zero-order valence-corrected chi connectivity index (χ0v) is 10.8. The lowest BCUT2D eigenvalue weighted by Crippen LogP contribution is -2.14. The van der Waals surface area contributed by atoms with E-state index < -0.39 is 0 Å². The van der Waals surface area contributed by atoms with Gasteiger partial charge < -0.3 is 5.32 Å². The second kappa shape index (κ2) is 4.65. The number of carbonyl (C=O) groups is 1. The zero-order valence-electron chi connectivity index (χ0n) is 8.64. The lowest BCUT2D eigenvalue weighted by molar-refractivity contribution is 0.102. The van der Waals surface area contributed by atoms with Crippen molar-refractivity contribution in [3.05, 3.63) is 45.7 Å². The van der Waals surface area contributed by atoms with E-state index in [4.69, 9.17) is 0 Å². The van der Waals surface area contributed by atoms with Gasteiger partial charge in [-0.05, 0) is 40.8 Å². The van der Waals surface area contributed by atoms with Crippen LogP contribution in [0.25, 0.3) is 0 Å². The molecular weight excluding hydrogens is 317 g/mol. The largest absolute Gasteiger partial charge is 0.307 e. The van der Waals surface area contributed by atoms with Crippen LogP contribution in [0.4, 0.5) is 5.82 Å². The van der Waals surface area contributed by atoms with Crippen molar-refractivity contribution in [1.82, 2.24) is 9.78 Å². The highest BCUT2D eigenvalue weighted by molar-refractivity contribution is 14.1. The molecule has 82 valence electrons. The molecule has 1 amide bonds. The Kier molecular flexibility index (Phi) is 3.23. The third-order valence-corrected chi connectivity index (χ3v) is 2.82. The summed E-state index contributed by atoms with van der Waals surface area (Å²) < 4.78 is 2.65. The molecule has 0 saturated heterocycles. The van der Waals surface area contributed by atoms with Gasteiger partial charge in [0.2, 0.25) is 0 Å². The molecule has 1 aromatic carbocycles. The van der Waals surface area contributed by atoms with Gasteiger partial charge in [-0.2, -0.15) is 5.10 Å². The Morgan fingerprint density at radius 3 is 2.88 bits per heavy atom. The Morgan fingerprint density at radius 2 is 2.25 bits per heavy atom. The Hall–Kier alpha value is -1.37. The molecular formula is C11H10IN3O. The molecule has 1 N–H and O–H groups in total. The fraction of sp³-hybridized carbons (Fsp3) is 0.0909. The molecule has 5 heteroatoms. The number of nitrogens with one attached hydrogen (secondary N) is 1. The number of aryl methyl sites for hydroxylation is 1. The van der Waals surface area contributed by atoms with Gasteiger partial charge in [0.05, 0.1) is 6.20 Å². The van der Waals surface area contributed by atoms with E-state index in [9.17, 15) is 4.79 Å². The predicted molar refractivity (Wildman–Crippen MR) is 70.3 cm³/mol. The topological polar surface area (TPSA) is 46.9 Å². The van der Waals surface area contributed by atoms with Crippen LogP contribution in [0, 0.1) is 3.57 Å². The Bertz CT molecular complexity index is 521. The summed E-state index contributed by atoms with van der Waals surface area (Å²) in [6.45, 7) is 0. The monoisotopic (exact) mass is 327 g/mol. The molecule has 0 fully saturated rings. The number of nitrogens with zero attached hydrogens (tertiary/aromatic N) is 2. The van der Waals surface area contributed by atoms with Gasteiger partial charge in [0.15, 0.2) is 0 Å². The second-order valence-corrected chi connectivity index (χ2v) is 4.55. The van der Waals surface area contributed by atoms with Gasteiger partial charge in [0.25, 0.3) is 5.91 Å². The fourth-order valence-electron chi connectivity index (χ4n) is 1.31. The number of hydrogen-bond acceptors (Lipinski definition) is 2. The van der Waals surface area contributed by atoms with E-state index in [1.165, 1.54) is 0 Å². The van der Waals surface area contributed by atoms with Crippen LogP contribution >= 0.6 is 22.6 Å². The van der Waals surface area contributed by atoms with Crippen LogP contribution < -0.4 is 5.32 Å². The molecule has 16 heavy (non-hydrogen) atoms. The minimum absolute atomic E-state index is 0.123. The molecule has 2 rings (SSSR count). The van der Waals surface area contributed by atoms with Gasteiger partial charge in [-0.1, -0.05) is 6.07 Å². The first-order valence-corrected chi connectivity index (χ1v) is 5.79. The van der Waals surface area contributed by atoms with Crippen molar-refractivity contribution in [2.24, 2.45) is 7.05 Å². The van der Waals surface area contributed by atoms with Gasteiger partial charge in [-0.25, -0.2) is 0 Å². The first-order chi connectivity index (χ1) is 7.66. The first-order valence-electron chi connectivity index (χ1n) is 4.72. The van der Waals surface area contributed by atoms with E-state index in [-0.39, 0.29) is 5.91 Å². The third-order valence-electron chi connectivity index (χ3n) is 2.15. The van der Waals surface area contributed by atoms with Crippen molar-refractivity contribution < 1.29 is 4.79 Å². The number of halogens is 1. The summed E-state index contributed by atoms with van der Waals surface area (Å²) in [7, 11) is 1.78. The van der Waals surface area contributed by atoms with Crippen LogP contribution in [-0.4, -0.2) is 15.7 Å². The number of benzene rings is 1. The lowest BCUT2D eigenvalue weighted by Gasteiger charge is -2.05. The average Bonchev–Trinajstić information content (AvgIpc) is 2.64. The maximum Gasteiger partial charge on any atom is 0.256 e. The third kappa shape index (κ3) is 2.41. The molecule has 0 unspecified atom stereocenters. The molecule has 0 aliphatic heterocycles. The summed E-state index contributed by atoms with van der Waals surface area (Å²) >= 11 is 2.18. The van der Waals surface area contributed by atoms with Crippen LogP contribution in [0.5, 0.6) is 0 Å². The molecule has 0 radical (unpaired) electrons. The maximum absolute atomic E-state index is 11.9. The standard InChI is InChI=1S/C11H10IN3O/c1-15-10(5-6-13-15)14-11(16)8-3-2-4-9(12)7-8/h2-7H,1H3,(H,14,16). The van der Waals surface area contributed by atoms with Crippen LogP contribution in [0.1, 0.15) is 10.4 Å². The molecule has 0 saturated carbocycles. The maximum atomic E-state index is 11.9. The van der Waals surface area contributed by atoms with Crippen molar-refractivity contribution in [2.45, 2.75) is 0 Å². The summed E-state index contributed by atoms with van der Waals surface area (Å²) in [6, 6.07) is 9.19. The van der Waals surface area contributed by atoms with E-state index in [1.807, 2.05) is 18.2 Å². The Balaban J connectivity index is 2.18. The Morgan fingerprint density at radius 1 is 1.44 bits per heavy atom. The number of hydrogen-bond donors (Lipinski definition) is 1. The molecule has 0 aliphatic carbocycles. The van der Waals surface area contributed by atoms with E-state index in [1.54, 1.807) is 30.1 Å². The molecule has 0 atom stereocenters. The van der Waals surface area contributed by atoms with Gasteiger partial charge in [0, 0.05) is 22.2 Å². The molecule has 1 aromatic heterocycles. The lowest BCUT2D eigenvalue weighted by atomic mass is 10.2. The van der Waals surface area contributed by atoms with E-state index >= 15 is 0 Å². The minimum Gasteiger partial charge on any atom is -0.307 e. The molecule has 4 nitrogen and oxygen atoms in total. The summed E-state index contributed by atoms with van der Waals surface area (Å²) in [5.41, 5.74) is 0.646. The summed E-state index contributed by atoms with van der Waals surface area (Å²) in [4.78, 5) is 11.9. The van der Waals surface area contributed by atoms with Crippen molar-refractivity contribution in [3.63, 3.8) is 0 Å². The van der Waals surface area contributed by atoms with Gasteiger partial charge in [-0.15, -0.1) is 0 Å². The SMILES string of the molecule is Cn1nccc1NC(=O)c1cccc(I)c1. The second-order valence-electron chi connectivity index (χ2n) is 3.30. The van der Waals surface area contributed by atoms with E-state index in [0.717, 1.165) is 3.57 Å². The molecule has 0 aliphatic rings. The minimum atomic E-state index is -0.123. The van der Waals surface area contributed by atoms with Gasteiger partial charge in [-0.3, -0.25) is 9.48 Å². The molecule has 2 aromatic rings. The summed E-state index contributed by atoms with van der Waals surface area (Å²) in [5.74, 6) is 0.561. The van der Waals surface area contributed by atoms with Gasteiger partial charge >= 0.3 is 0 Å². The van der Waals surface area contributed by atoms with Crippen molar-refractivity contribution >= 4 is 34.3 Å². The number of carbonyl (C=O) groups excluding carboxylic acids is 1. The van der Waals surface area contributed by atoms with E-state index in [2.05, 4.69) is 33.0 Å². The average molecular weight is 327 g/mol. The first kappa shape index (κ1) is 11.1. The zero-order chi connectivity index (χ0) is 11.5. The predicted octanol–water partition coefficient (Wildman–Crippen LogP) is 2.28. The van der Waals surface area contributed by atoms with Crippen LogP contribution in [0.15, 0.2) is 36.5 Å². The van der Waals surface area contributed by atoms with Crippen molar-refractivity contribution in [1.29, 1.82) is 0 Å². The Labute approximate surface area is 107 Å². The summed E-state index contributed by atoms with van der Waals surface area (Å²) in [6.07, 6.45) is 1.64. The van der Waals surface area contributed by atoms with Crippen LogP contribution in [0.2, 0.25) is 0 Å². The molecule has 1 heterocycles. The molecule has 0 spiro atoms. The van der Waals surface area contributed by atoms with Crippen LogP contribution in [0.3, 0.4) is 0 Å². The normalized spacial score (nSPS) is 10.1. The number of rotatable bonds is 2. The highest BCUT2D eigenvalue weighted by Gasteiger charge is 2.07. The quantitative estimate of drug-likeness (QED) is 0.861. The van der Waals surface area contributed by atoms with Crippen molar-refractivity contribution in [3.8, 4) is 0 Å². The van der Waals surface area contributed by atoms with E-state index in [0.29, 0.717) is 11.4 Å². The van der Waals surface area contributed by atoms with Crippen LogP contribution in [-0.2, 0) is 7.05 Å². The highest BCUT2D eigenvalue weighted by Crippen LogP contribution is 2.10. The number of aromatic nitrogens is 2. The molecule has 0 bridgehead atoms. The highest BCUT2D eigenvalue weighted by atomic mass is 127.